The topological polar surface area (TPSA) is 57.7 Å². The molecule has 0 spiro atoms. The summed E-state index contributed by atoms with van der Waals surface area (Å²) in [5.41, 5.74) is 0. The molecule has 3 aromatic rings. The van der Waals surface area contributed by atoms with E-state index in [2.05, 4.69) is 0 Å². The van der Waals surface area contributed by atoms with Crippen molar-refractivity contribution in [3.8, 4) is 0 Å². The highest BCUT2D eigenvalue weighted by Gasteiger charge is 2.31. The van der Waals surface area contributed by atoms with Crippen molar-refractivity contribution in [2.45, 2.75) is 4.90 Å². The highest BCUT2D eigenvalue weighted by atomic mass is 35.5. The van der Waals surface area contributed by atoms with Gasteiger partial charge in [0.1, 0.15) is 5.82 Å². The second-order valence-corrected chi connectivity index (χ2v) is 9.87. The first-order chi connectivity index (χ1) is 13.4. The van der Waals surface area contributed by atoms with Crippen molar-refractivity contribution < 1.29 is 17.6 Å². The number of carbonyl (C=O) groups excluding carboxylic acids is 1. The normalized spacial score (nSPS) is 15.9. The summed E-state index contributed by atoms with van der Waals surface area (Å²) in [7, 11) is -3.66. The van der Waals surface area contributed by atoms with Crippen LogP contribution < -0.4 is 0 Å². The summed E-state index contributed by atoms with van der Waals surface area (Å²) < 4.78 is 41.5. The van der Waals surface area contributed by atoms with Crippen molar-refractivity contribution in [2.75, 3.05) is 26.2 Å². The van der Waals surface area contributed by atoms with E-state index in [1.807, 2.05) is 0 Å². The summed E-state index contributed by atoms with van der Waals surface area (Å²) in [5.74, 6) is -0.564. The van der Waals surface area contributed by atoms with Crippen LogP contribution in [-0.4, -0.2) is 49.7 Å². The van der Waals surface area contributed by atoms with Crippen molar-refractivity contribution in [2.24, 2.45) is 0 Å². The average molecular weight is 439 g/mol. The van der Waals surface area contributed by atoms with Crippen LogP contribution in [0, 0.1) is 5.82 Å². The Morgan fingerprint density at radius 3 is 2.43 bits per heavy atom. The molecular weight excluding hydrogens is 423 g/mol. The van der Waals surface area contributed by atoms with E-state index >= 15 is 0 Å². The van der Waals surface area contributed by atoms with Crippen LogP contribution in [0.15, 0.2) is 53.4 Å². The predicted octanol–water partition coefficient (Wildman–Crippen LogP) is 3.84. The number of sulfonamides is 1. The Kier molecular flexibility index (Phi) is 5.13. The van der Waals surface area contributed by atoms with Crippen molar-refractivity contribution in [1.82, 2.24) is 9.21 Å². The second-order valence-electron chi connectivity index (χ2n) is 6.42. The van der Waals surface area contributed by atoms with Gasteiger partial charge in [-0.2, -0.15) is 4.31 Å². The number of halogens is 2. The second kappa shape index (κ2) is 7.44. The van der Waals surface area contributed by atoms with Gasteiger partial charge in [0.05, 0.1) is 9.77 Å². The first-order valence-electron chi connectivity index (χ1n) is 8.59. The molecule has 4 rings (SSSR count). The average Bonchev–Trinajstić information content (AvgIpc) is 3.13. The molecular formula is C19H16ClFN2O3S2. The molecule has 2 aromatic carbocycles. The van der Waals surface area contributed by atoms with Crippen molar-refractivity contribution in [1.29, 1.82) is 0 Å². The van der Waals surface area contributed by atoms with Crippen LogP contribution in [0.5, 0.6) is 0 Å². The lowest BCUT2D eigenvalue weighted by Crippen LogP contribution is -2.50. The van der Waals surface area contributed by atoms with Gasteiger partial charge in [-0.1, -0.05) is 23.7 Å². The molecule has 1 aromatic heterocycles. The van der Waals surface area contributed by atoms with Gasteiger partial charge >= 0.3 is 0 Å². The number of fused-ring (bicyclic) bond motifs is 1. The lowest BCUT2D eigenvalue weighted by molar-refractivity contribution is 0.0703. The van der Waals surface area contributed by atoms with Gasteiger partial charge in [-0.3, -0.25) is 4.79 Å². The third kappa shape index (κ3) is 3.53. The van der Waals surface area contributed by atoms with Crippen LogP contribution in [0.4, 0.5) is 4.39 Å². The molecule has 0 bridgehead atoms. The number of carbonyl (C=O) groups is 1. The fourth-order valence-electron chi connectivity index (χ4n) is 3.19. The molecule has 1 aliphatic rings. The SMILES string of the molecule is O=C(c1cc2c(F)cccc2s1)N1CCN(S(=O)(=O)c2cccc(Cl)c2)CC1. The van der Waals surface area contributed by atoms with E-state index in [0.29, 0.717) is 20.0 Å². The zero-order chi connectivity index (χ0) is 19.9. The van der Waals surface area contributed by atoms with Crippen molar-refractivity contribution >= 4 is 49.0 Å². The Morgan fingerprint density at radius 1 is 1.04 bits per heavy atom. The summed E-state index contributed by atoms with van der Waals surface area (Å²) in [6, 6.07) is 12.4. The van der Waals surface area contributed by atoms with E-state index in [1.165, 1.54) is 33.8 Å². The minimum Gasteiger partial charge on any atom is -0.335 e. The fourth-order valence-corrected chi connectivity index (χ4v) is 5.96. The molecule has 0 radical (unpaired) electrons. The van der Waals surface area contributed by atoms with Crippen molar-refractivity contribution in [3.63, 3.8) is 0 Å². The van der Waals surface area contributed by atoms with E-state index in [4.69, 9.17) is 11.6 Å². The first-order valence-corrected chi connectivity index (χ1v) is 11.2. The van der Waals surface area contributed by atoms with E-state index in [0.717, 1.165) is 0 Å². The van der Waals surface area contributed by atoms with Crippen molar-refractivity contribution in [3.05, 3.63) is 64.2 Å². The quantitative estimate of drug-likeness (QED) is 0.624. The predicted molar refractivity (Wildman–Crippen MR) is 108 cm³/mol. The van der Waals surface area contributed by atoms with Crippen LogP contribution in [0.25, 0.3) is 10.1 Å². The highest BCUT2D eigenvalue weighted by Crippen LogP contribution is 2.29. The fraction of sp³-hybridized carbons (Fsp3) is 0.211. The Bertz CT molecular complexity index is 1150. The Labute approximate surface area is 171 Å². The monoisotopic (exact) mass is 438 g/mol. The van der Waals surface area contributed by atoms with Crippen LogP contribution in [0.3, 0.4) is 0 Å². The molecule has 0 N–H and O–H groups in total. The van der Waals surface area contributed by atoms with Gasteiger partial charge in [0.2, 0.25) is 10.0 Å². The number of nitrogens with zero attached hydrogens (tertiary/aromatic N) is 2. The number of hydrogen-bond acceptors (Lipinski definition) is 4. The van der Waals surface area contributed by atoms with E-state index in [9.17, 15) is 17.6 Å². The minimum atomic E-state index is -3.66. The molecule has 0 atom stereocenters. The maximum atomic E-state index is 13.9. The number of hydrogen-bond donors (Lipinski definition) is 0. The number of rotatable bonds is 3. The number of amides is 1. The number of piperazine rings is 1. The maximum Gasteiger partial charge on any atom is 0.264 e. The number of thiophene rings is 1. The summed E-state index contributed by atoms with van der Waals surface area (Å²) in [5, 5.41) is 0.782. The summed E-state index contributed by atoms with van der Waals surface area (Å²) >= 11 is 7.15. The lowest BCUT2D eigenvalue weighted by atomic mass is 10.2. The summed E-state index contributed by atoms with van der Waals surface area (Å²) in [4.78, 5) is 15.0. The van der Waals surface area contributed by atoms with Gasteiger partial charge in [0, 0.05) is 41.3 Å². The Hall–Kier alpha value is -2.00. The molecule has 1 saturated heterocycles. The molecule has 1 aliphatic heterocycles. The third-order valence-corrected chi connectivity index (χ3v) is 7.90. The highest BCUT2D eigenvalue weighted by molar-refractivity contribution is 7.89. The van der Waals surface area contributed by atoms with Gasteiger partial charge in [0.25, 0.3) is 5.91 Å². The van der Waals surface area contributed by atoms with E-state index in [-0.39, 0.29) is 42.8 Å². The van der Waals surface area contributed by atoms with E-state index < -0.39 is 10.0 Å². The van der Waals surface area contributed by atoms with Crippen LogP contribution in [0.1, 0.15) is 9.67 Å². The van der Waals surface area contributed by atoms with Crippen LogP contribution in [-0.2, 0) is 10.0 Å². The van der Waals surface area contributed by atoms with Gasteiger partial charge < -0.3 is 4.90 Å². The molecule has 0 aliphatic carbocycles. The lowest BCUT2D eigenvalue weighted by Gasteiger charge is -2.33. The zero-order valence-corrected chi connectivity index (χ0v) is 17.0. The number of benzene rings is 2. The summed E-state index contributed by atoms with van der Waals surface area (Å²) in [6.07, 6.45) is 0. The van der Waals surface area contributed by atoms with Gasteiger partial charge in [-0.15, -0.1) is 11.3 Å². The molecule has 0 saturated carbocycles. The Balaban J connectivity index is 1.49. The molecule has 9 heteroatoms. The molecule has 1 fully saturated rings. The maximum absolute atomic E-state index is 13.9. The molecule has 1 amide bonds. The molecule has 2 heterocycles. The largest absolute Gasteiger partial charge is 0.335 e. The zero-order valence-electron chi connectivity index (χ0n) is 14.6. The Morgan fingerprint density at radius 2 is 1.75 bits per heavy atom. The molecule has 146 valence electrons. The minimum absolute atomic E-state index is 0.139. The standard InChI is InChI=1S/C19H16ClFN2O3S2/c20-13-3-1-4-14(11-13)28(25,26)23-9-7-22(8-10-23)19(24)18-12-15-16(21)5-2-6-17(15)27-18/h1-6,11-12H,7-10H2. The smallest absolute Gasteiger partial charge is 0.264 e. The molecule has 0 unspecified atom stereocenters. The summed E-state index contributed by atoms with van der Waals surface area (Å²) in [6.45, 7) is 0.935. The van der Waals surface area contributed by atoms with Crippen LogP contribution >= 0.6 is 22.9 Å². The van der Waals surface area contributed by atoms with E-state index in [1.54, 1.807) is 35.2 Å². The van der Waals surface area contributed by atoms with Crippen LogP contribution in [0.2, 0.25) is 5.02 Å². The third-order valence-electron chi connectivity index (χ3n) is 4.68. The van der Waals surface area contributed by atoms with Gasteiger partial charge in [-0.25, -0.2) is 12.8 Å². The van der Waals surface area contributed by atoms with Gasteiger partial charge in [-0.05, 0) is 36.4 Å². The molecule has 28 heavy (non-hydrogen) atoms. The first kappa shape index (κ1) is 19.3. The molecule has 5 nitrogen and oxygen atoms in total. The van der Waals surface area contributed by atoms with Gasteiger partial charge in [0.15, 0.2) is 0 Å².